The van der Waals surface area contributed by atoms with E-state index in [4.69, 9.17) is 9.47 Å². The highest BCUT2D eigenvalue weighted by Gasteiger charge is 2.25. The predicted molar refractivity (Wildman–Crippen MR) is 131 cm³/mol. The molecule has 1 unspecified atom stereocenters. The molecule has 8 heteroatoms. The summed E-state index contributed by atoms with van der Waals surface area (Å²) in [6.45, 7) is 10.6. The lowest BCUT2D eigenvalue weighted by Crippen LogP contribution is -2.47. The molecule has 0 radical (unpaired) electrons. The molecule has 7 nitrogen and oxygen atoms in total. The van der Waals surface area contributed by atoms with Gasteiger partial charge in [-0.3, -0.25) is 4.79 Å². The summed E-state index contributed by atoms with van der Waals surface area (Å²) in [4.78, 5) is 37.5. The van der Waals surface area contributed by atoms with E-state index in [0.29, 0.717) is 11.3 Å². The number of amides is 2. The molecule has 0 bridgehead atoms. The fourth-order valence-corrected chi connectivity index (χ4v) is 3.04. The number of carbonyl (C=O) groups is 3. The van der Waals surface area contributed by atoms with E-state index in [1.54, 1.807) is 65.8 Å². The SMILES string of the molecule is CC(C)(C)OC(=O)NC(Cc1ccc(Br)cc1)C(=O)Nc1ccc(C(=O)OC(C)(C)C)cc1. The average Bonchev–Trinajstić information content (AvgIpc) is 2.67. The topological polar surface area (TPSA) is 93.7 Å². The number of benzene rings is 2. The molecule has 0 aliphatic heterocycles. The lowest BCUT2D eigenvalue weighted by atomic mass is 10.1. The summed E-state index contributed by atoms with van der Waals surface area (Å²) >= 11 is 3.39. The number of rotatable bonds is 6. The molecule has 2 amide bonds. The van der Waals surface area contributed by atoms with Crippen molar-refractivity contribution in [3.8, 4) is 0 Å². The molecule has 0 aromatic heterocycles. The molecule has 0 fully saturated rings. The number of ether oxygens (including phenoxy) is 2. The molecule has 1 atom stereocenters. The minimum Gasteiger partial charge on any atom is -0.456 e. The summed E-state index contributed by atoms with van der Waals surface area (Å²) < 4.78 is 11.6. The van der Waals surface area contributed by atoms with Gasteiger partial charge in [-0.15, -0.1) is 0 Å². The van der Waals surface area contributed by atoms with Crippen LogP contribution in [0.5, 0.6) is 0 Å². The third-order valence-corrected chi connectivity index (χ3v) is 4.68. The van der Waals surface area contributed by atoms with Gasteiger partial charge < -0.3 is 20.1 Å². The van der Waals surface area contributed by atoms with E-state index in [0.717, 1.165) is 10.0 Å². The first kappa shape index (κ1) is 26.4. The second-order valence-electron chi connectivity index (χ2n) is 9.60. The van der Waals surface area contributed by atoms with Gasteiger partial charge in [-0.05, 0) is 83.5 Å². The van der Waals surface area contributed by atoms with Crippen LogP contribution in [0.3, 0.4) is 0 Å². The van der Waals surface area contributed by atoms with Gasteiger partial charge in [-0.1, -0.05) is 28.1 Å². The molecule has 2 aromatic carbocycles. The Balaban J connectivity index is 2.13. The van der Waals surface area contributed by atoms with E-state index < -0.39 is 35.2 Å². The first-order valence-electron chi connectivity index (χ1n) is 10.6. The average molecular weight is 519 g/mol. The predicted octanol–water partition coefficient (Wildman–Crippen LogP) is 5.48. The Bertz CT molecular complexity index is 974. The third kappa shape index (κ3) is 9.65. The van der Waals surface area contributed by atoms with Crippen LogP contribution in [0.4, 0.5) is 10.5 Å². The lowest BCUT2D eigenvalue weighted by Gasteiger charge is -2.23. The van der Waals surface area contributed by atoms with E-state index >= 15 is 0 Å². The third-order valence-electron chi connectivity index (χ3n) is 4.15. The highest BCUT2D eigenvalue weighted by atomic mass is 79.9. The molecular weight excluding hydrogens is 488 g/mol. The van der Waals surface area contributed by atoms with Crippen LogP contribution < -0.4 is 10.6 Å². The molecule has 0 saturated carbocycles. The summed E-state index contributed by atoms with van der Waals surface area (Å²) in [6.07, 6.45) is -0.408. The van der Waals surface area contributed by atoms with E-state index in [-0.39, 0.29) is 6.42 Å². The Labute approximate surface area is 203 Å². The van der Waals surface area contributed by atoms with Crippen LogP contribution in [0, 0.1) is 0 Å². The molecule has 0 heterocycles. The summed E-state index contributed by atoms with van der Waals surface area (Å²) in [5.41, 5.74) is 0.438. The molecule has 33 heavy (non-hydrogen) atoms. The highest BCUT2D eigenvalue weighted by Crippen LogP contribution is 2.17. The maximum atomic E-state index is 13.0. The van der Waals surface area contributed by atoms with Crippen LogP contribution in [0.1, 0.15) is 57.5 Å². The number of nitrogens with one attached hydrogen (secondary N) is 2. The second kappa shape index (κ2) is 10.8. The number of halogens is 1. The van der Waals surface area contributed by atoms with Crippen molar-refractivity contribution in [3.63, 3.8) is 0 Å². The number of esters is 1. The van der Waals surface area contributed by atoms with Crippen molar-refractivity contribution in [2.24, 2.45) is 0 Å². The number of alkyl carbamates (subject to hydrolysis) is 1. The minimum absolute atomic E-state index is 0.272. The van der Waals surface area contributed by atoms with E-state index in [1.807, 2.05) is 24.3 Å². The Hall–Kier alpha value is -2.87. The van der Waals surface area contributed by atoms with Crippen molar-refractivity contribution < 1.29 is 23.9 Å². The van der Waals surface area contributed by atoms with Gasteiger partial charge in [0, 0.05) is 16.6 Å². The zero-order valence-electron chi connectivity index (χ0n) is 19.8. The number of hydrogen-bond donors (Lipinski definition) is 2. The van der Waals surface area contributed by atoms with Crippen LogP contribution in [-0.2, 0) is 20.7 Å². The molecule has 0 spiro atoms. The van der Waals surface area contributed by atoms with Gasteiger partial charge >= 0.3 is 12.1 Å². The maximum Gasteiger partial charge on any atom is 0.408 e. The zero-order valence-corrected chi connectivity index (χ0v) is 21.4. The summed E-state index contributed by atoms with van der Waals surface area (Å²) in [5, 5.41) is 5.44. The van der Waals surface area contributed by atoms with Gasteiger partial charge in [0.2, 0.25) is 5.91 Å². The van der Waals surface area contributed by atoms with Crippen LogP contribution in [-0.4, -0.2) is 35.2 Å². The van der Waals surface area contributed by atoms with Crippen molar-refractivity contribution >= 4 is 39.6 Å². The van der Waals surface area contributed by atoms with Gasteiger partial charge in [0.1, 0.15) is 17.2 Å². The van der Waals surface area contributed by atoms with Crippen LogP contribution in [0.2, 0.25) is 0 Å². The Morgan fingerprint density at radius 1 is 0.848 bits per heavy atom. The summed E-state index contributed by atoms with van der Waals surface area (Å²) in [5.74, 6) is -0.853. The lowest BCUT2D eigenvalue weighted by molar-refractivity contribution is -0.118. The molecule has 0 aliphatic rings. The Morgan fingerprint density at radius 3 is 1.91 bits per heavy atom. The van der Waals surface area contributed by atoms with E-state index in [2.05, 4.69) is 26.6 Å². The number of anilines is 1. The molecular formula is C25H31BrN2O5. The molecule has 2 rings (SSSR count). The smallest absolute Gasteiger partial charge is 0.408 e. The molecule has 0 aliphatic carbocycles. The summed E-state index contributed by atoms with van der Waals surface area (Å²) in [7, 11) is 0. The summed E-state index contributed by atoms with van der Waals surface area (Å²) in [6, 6.07) is 13.0. The zero-order chi connectivity index (χ0) is 24.8. The Kier molecular flexibility index (Phi) is 8.66. The highest BCUT2D eigenvalue weighted by molar-refractivity contribution is 9.10. The maximum absolute atomic E-state index is 13.0. The van der Waals surface area contributed by atoms with Gasteiger partial charge in [0.15, 0.2) is 0 Å². The second-order valence-corrected chi connectivity index (χ2v) is 10.5. The van der Waals surface area contributed by atoms with E-state index in [1.165, 1.54) is 0 Å². The molecule has 2 N–H and O–H groups in total. The van der Waals surface area contributed by atoms with Crippen molar-refractivity contribution in [2.45, 2.75) is 65.2 Å². The molecule has 0 saturated heterocycles. The van der Waals surface area contributed by atoms with E-state index in [9.17, 15) is 14.4 Å². The first-order valence-corrected chi connectivity index (χ1v) is 11.4. The quantitative estimate of drug-likeness (QED) is 0.493. The van der Waals surface area contributed by atoms with Crippen LogP contribution in [0.25, 0.3) is 0 Å². The van der Waals surface area contributed by atoms with Crippen molar-refractivity contribution in [2.75, 3.05) is 5.32 Å². The van der Waals surface area contributed by atoms with Crippen molar-refractivity contribution in [3.05, 3.63) is 64.1 Å². The molecule has 2 aromatic rings. The fourth-order valence-electron chi connectivity index (χ4n) is 2.77. The largest absolute Gasteiger partial charge is 0.456 e. The number of hydrogen-bond acceptors (Lipinski definition) is 5. The normalized spacial score (nSPS) is 12.5. The number of carbonyl (C=O) groups excluding carboxylic acids is 3. The van der Waals surface area contributed by atoms with Gasteiger partial charge in [-0.2, -0.15) is 0 Å². The van der Waals surface area contributed by atoms with Gasteiger partial charge in [0.05, 0.1) is 5.56 Å². The van der Waals surface area contributed by atoms with Crippen LogP contribution in [0.15, 0.2) is 53.0 Å². The van der Waals surface area contributed by atoms with Gasteiger partial charge in [0.25, 0.3) is 0 Å². The van der Waals surface area contributed by atoms with Gasteiger partial charge in [-0.25, -0.2) is 9.59 Å². The molecule has 178 valence electrons. The monoisotopic (exact) mass is 518 g/mol. The van der Waals surface area contributed by atoms with Crippen molar-refractivity contribution in [1.29, 1.82) is 0 Å². The first-order chi connectivity index (χ1) is 15.2. The Morgan fingerprint density at radius 2 is 1.39 bits per heavy atom. The standard InChI is InChI=1S/C25H31BrN2O5/c1-24(2,3)32-22(30)17-9-13-19(14-10-17)27-21(29)20(28-23(31)33-25(4,5)6)15-16-7-11-18(26)12-8-16/h7-14,20H,15H2,1-6H3,(H,27,29)(H,28,31). The fraction of sp³-hybridized carbons (Fsp3) is 0.400. The van der Waals surface area contributed by atoms with Crippen LogP contribution >= 0.6 is 15.9 Å². The minimum atomic E-state index is -0.869. The van der Waals surface area contributed by atoms with Crippen molar-refractivity contribution in [1.82, 2.24) is 5.32 Å².